The zero-order chi connectivity index (χ0) is 33.6. The standard InChI is InChI=1S/C31H28N6O7S4/c1-26-22(41)36-20-28(14-9-5-4-6-11-16(14)32-20,18(39)30(36,47-45-26)24(43)34(26)2)29-15-10-7-8-12-17(15)33-21(29)37-23(42)27(13-38)35(3)25(44)31(37,19(29)40)48-46-27/h4-5,7-10,12,16,18-21,32-33,38-40H,13H2,1-3H3. The smallest absolute Gasteiger partial charge is 0.265 e. The lowest BCUT2D eigenvalue weighted by Gasteiger charge is -2.58. The van der Waals surface area contributed by atoms with Gasteiger partial charge in [-0.3, -0.25) is 34.3 Å². The summed E-state index contributed by atoms with van der Waals surface area (Å²) in [7, 11) is 7.39. The van der Waals surface area contributed by atoms with E-state index in [9.17, 15) is 34.5 Å². The van der Waals surface area contributed by atoms with Crippen molar-refractivity contribution < 1.29 is 34.5 Å². The topological polar surface area (TPSA) is 166 Å². The molecule has 10 heterocycles. The average Bonchev–Trinajstić information content (AvgIpc) is 3.65. The average molecular weight is 725 g/mol. The Kier molecular flexibility index (Phi) is 5.46. The molecule has 0 aromatic heterocycles. The number of rotatable bonds is 2. The van der Waals surface area contributed by atoms with Crippen LogP contribution in [0.1, 0.15) is 12.5 Å². The highest BCUT2D eigenvalue weighted by Gasteiger charge is 2.93. The zero-order valence-electron chi connectivity index (χ0n) is 25.5. The lowest BCUT2D eigenvalue weighted by molar-refractivity contribution is -0.169. The number of piperazine rings is 2. The van der Waals surface area contributed by atoms with Gasteiger partial charge in [0.15, 0.2) is 4.87 Å². The van der Waals surface area contributed by atoms with Crippen molar-refractivity contribution in [2.75, 3.05) is 26.0 Å². The van der Waals surface area contributed by atoms with E-state index in [0.29, 0.717) is 16.8 Å². The predicted molar refractivity (Wildman–Crippen MR) is 179 cm³/mol. The fourth-order valence-electron chi connectivity index (χ4n) is 10.0. The number of hydrogen-bond acceptors (Lipinski definition) is 13. The zero-order valence-corrected chi connectivity index (χ0v) is 28.8. The van der Waals surface area contributed by atoms with Crippen LogP contribution in [0.15, 0.2) is 48.1 Å². The Labute approximate surface area is 290 Å². The number of amides is 4. The molecule has 2 spiro atoms. The van der Waals surface area contributed by atoms with E-state index in [2.05, 4.69) is 22.5 Å². The molecule has 9 fully saturated rings. The first-order chi connectivity index (χ1) is 22.9. The second kappa shape index (κ2) is 8.72. The number of para-hydroxylation sites is 1. The summed E-state index contributed by atoms with van der Waals surface area (Å²) in [6.45, 7) is 1.02. The van der Waals surface area contributed by atoms with Gasteiger partial charge in [0.2, 0.25) is 14.6 Å². The van der Waals surface area contributed by atoms with Crippen molar-refractivity contribution in [3.8, 4) is 11.8 Å². The van der Waals surface area contributed by atoms with Crippen molar-refractivity contribution in [2.24, 2.45) is 5.41 Å². The van der Waals surface area contributed by atoms with Crippen LogP contribution in [0.3, 0.4) is 0 Å². The van der Waals surface area contributed by atoms with E-state index in [1.165, 1.54) is 37.4 Å². The molecule has 17 heteroatoms. The van der Waals surface area contributed by atoms with E-state index in [1.807, 2.05) is 0 Å². The molecule has 1 aromatic rings. The first-order valence-electron chi connectivity index (χ1n) is 15.3. The largest absolute Gasteiger partial charge is 0.392 e. The van der Waals surface area contributed by atoms with Gasteiger partial charge >= 0.3 is 0 Å². The number of aliphatic hydroxyl groups is 3. The van der Waals surface area contributed by atoms with Crippen molar-refractivity contribution in [2.45, 2.75) is 62.4 Å². The molecular formula is C31H28N6O7S4. The van der Waals surface area contributed by atoms with Crippen molar-refractivity contribution in [1.29, 1.82) is 0 Å². The SMILES string of the molecule is CN1C(=O)C23SSC1(C)C(=O)N2C1NC2C#CC=CC=C2C1(C12c4ccccc4NC1N1C(=O)C4(CO)SSC1(C(=O)N4C)C2O)C3O. The summed E-state index contributed by atoms with van der Waals surface area (Å²) < 4.78 is 0. The quantitative estimate of drug-likeness (QED) is 0.194. The van der Waals surface area contributed by atoms with Crippen LogP contribution < -0.4 is 10.6 Å². The molecule has 11 aliphatic rings. The molecular weight excluding hydrogens is 697 g/mol. The highest BCUT2D eigenvalue weighted by Crippen LogP contribution is 2.79. The molecule has 12 rings (SSSR count). The summed E-state index contributed by atoms with van der Waals surface area (Å²) in [5, 5.41) is 44.3. The Bertz CT molecular complexity index is 1970. The molecule has 248 valence electrons. The van der Waals surface area contributed by atoms with Gasteiger partial charge in [-0.05, 0) is 62.6 Å². The van der Waals surface area contributed by atoms with Gasteiger partial charge in [0.1, 0.15) is 18.4 Å². The van der Waals surface area contributed by atoms with Gasteiger partial charge in [-0.2, -0.15) is 0 Å². The first kappa shape index (κ1) is 30.0. The van der Waals surface area contributed by atoms with E-state index in [4.69, 9.17) is 0 Å². The Balaban J connectivity index is 1.35. The molecule has 9 saturated heterocycles. The number of hydrogen-bond donors (Lipinski definition) is 5. The minimum Gasteiger partial charge on any atom is -0.392 e. The fourth-order valence-corrected chi connectivity index (χ4v) is 17.3. The monoisotopic (exact) mass is 724 g/mol. The van der Waals surface area contributed by atoms with E-state index in [1.54, 1.807) is 56.5 Å². The summed E-state index contributed by atoms with van der Waals surface area (Å²) in [5.41, 5.74) is -1.86. The maximum atomic E-state index is 14.8. The van der Waals surface area contributed by atoms with Gasteiger partial charge in [0, 0.05) is 19.8 Å². The van der Waals surface area contributed by atoms with Gasteiger partial charge in [-0.15, -0.1) is 0 Å². The van der Waals surface area contributed by atoms with Gasteiger partial charge in [0.05, 0.1) is 29.6 Å². The minimum atomic E-state index is -1.89. The number of carbonyl (C=O) groups excluding carboxylic acids is 4. The number of aliphatic hydroxyl groups excluding tert-OH is 3. The molecule has 5 N–H and O–H groups in total. The van der Waals surface area contributed by atoms with Crippen LogP contribution in [0.5, 0.6) is 0 Å². The van der Waals surface area contributed by atoms with Gasteiger partial charge < -0.3 is 30.4 Å². The maximum Gasteiger partial charge on any atom is 0.265 e. The minimum absolute atomic E-state index is 0.389. The van der Waals surface area contributed by atoms with Crippen LogP contribution >= 0.6 is 43.2 Å². The molecule has 13 nitrogen and oxygen atoms in total. The van der Waals surface area contributed by atoms with Crippen LogP contribution in [0.4, 0.5) is 5.69 Å². The highest BCUT2D eigenvalue weighted by atomic mass is 33.1. The summed E-state index contributed by atoms with van der Waals surface area (Å²) in [4.78, 5) is 57.5. The van der Waals surface area contributed by atoms with Crippen LogP contribution in [-0.2, 0) is 24.6 Å². The Hall–Kier alpha value is -2.82. The molecule has 4 amide bonds. The second-order valence-corrected chi connectivity index (χ2v) is 19.0. The molecule has 0 radical (unpaired) electrons. The molecule has 4 bridgehead atoms. The molecule has 48 heavy (non-hydrogen) atoms. The lowest BCUT2D eigenvalue weighted by atomic mass is 9.51. The van der Waals surface area contributed by atoms with E-state index in [0.717, 1.165) is 32.4 Å². The van der Waals surface area contributed by atoms with Crippen molar-refractivity contribution in [3.05, 3.63) is 53.6 Å². The number of carbonyl (C=O) groups is 4. The molecule has 1 aliphatic carbocycles. The van der Waals surface area contributed by atoms with Crippen molar-refractivity contribution >= 4 is 72.5 Å². The molecule has 0 saturated carbocycles. The van der Waals surface area contributed by atoms with Crippen molar-refractivity contribution in [1.82, 2.24) is 24.9 Å². The summed E-state index contributed by atoms with van der Waals surface area (Å²) in [5.74, 6) is 4.22. The van der Waals surface area contributed by atoms with Crippen LogP contribution in [0.25, 0.3) is 0 Å². The molecule has 10 aliphatic heterocycles. The number of fused-ring (bicyclic) bond motifs is 11. The predicted octanol–water partition coefficient (Wildman–Crippen LogP) is -0.602. The third-order valence-electron chi connectivity index (χ3n) is 12.3. The van der Waals surface area contributed by atoms with Crippen LogP contribution in [0, 0.1) is 17.3 Å². The summed E-state index contributed by atoms with van der Waals surface area (Å²) >= 11 is 0. The van der Waals surface area contributed by atoms with Gasteiger partial charge in [-0.1, -0.05) is 53.0 Å². The number of anilines is 1. The second-order valence-electron chi connectivity index (χ2n) is 13.6. The van der Waals surface area contributed by atoms with Crippen LogP contribution in [-0.4, -0.2) is 129 Å². The first-order valence-corrected chi connectivity index (χ1v) is 19.6. The Morgan fingerprint density at radius 1 is 0.854 bits per heavy atom. The normalized spacial score (nSPS) is 48.4. The third kappa shape index (κ3) is 2.53. The van der Waals surface area contributed by atoms with E-state index >= 15 is 0 Å². The Morgan fingerprint density at radius 3 is 2.27 bits per heavy atom. The van der Waals surface area contributed by atoms with Crippen molar-refractivity contribution in [3.63, 3.8) is 0 Å². The van der Waals surface area contributed by atoms with E-state index in [-0.39, 0.29) is 5.91 Å². The number of nitrogens with zero attached hydrogens (tertiary/aromatic N) is 4. The molecule has 11 unspecified atom stereocenters. The maximum absolute atomic E-state index is 14.8. The third-order valence-corrected chi connectivity index (χ3v) is 19.6. The molecule has 1 aromatic carbocycles. The Morgan fingerprint density at radius 2 is 1.52 bits per heavy atom. The number of allylic oxidation sites excluding steroid dienone is 3. The number of nitrogens with one attached hydrogen (secondary N) is 2. The number of likely N-dealkylation sites (N-methyl/N-ethyl adjacent to an activating group) is 2. The van der Waals surface area contributed by atoms with Gasteiger partial charge in [0.25, 0.3) is 23.6 Å². The number of benzene rings is 1. The molecule has 11 atom stereocenters. The van der Waals surface area contributed by atoms with Gasteiger partial charge in [-0.25, -0.2) is 0 Å². The van der Waals surface area contributed by atoms with E-state index < -0.39 is 85.2 Å². The lowest BCUT2D eigenvalue weighted by Crippen LogP contribution is -2.79. The summed E-state index contributed by atoms with van der Waals surface area (Å²) in [6.07, 6.45) is -0.417. The summed E-state index contributed by atoms with van der Waals surface area (Å²) in [6, 6.07) is 6.49. The fraction of sp³-hybridized carbons (Fsp3) is 0.484. The highest BCUT2D eigenvalue weighted by molar-refractivity contribution is 8.78. The van der Waals surface area contributed by atoms with Crippen LogP contribution in [0.2, 0.25) is 0 Å².